The van der Waals surface area contributed by atoms with Gasteiger partial charge >= 0.3 is 0 Å². The summed E-state index contributed by atoms with van der Waals surface area (Å²) in [5.74, 6) is 0.466. The van der Waals surface area contributed by atoms with Gasteiger partial charge in [-0.05, 0) is 54.4 Å². The molecule has 2 aromatic rings. The van der Waals surface area contributed by atoms with Crippen molar-refractivity contribution in [3.8, 4) is 16.9 Å². The summed E-state index contributed by atoms with van der Waals surface area (Å²) >= 11 is 6.18. The maximum absolute atomic E-state index is 13.2. The van der Waals surface area contributed by atoms with E-state index in [1.165, 1.54) is 12.1 Å². The largest absolute Gasteiger partial charge is 0.497 e. The molecule has 21 heavy (non-hydrogen) atoms. The Morgan fingerprint density at radius 2 is 1.90 bits per heavy atom. The normalized spacial score (nSPS) is 10.7. The molecule has 0 aliphatic heterocycles. The Morgan fingerprint density at radius 1 is 1.14 bits per heavy atom. The standard InChI is InChI=1S/C17H19ClFNO/c1-3-8-20-11-12-9-14(21-2)5-7-15(12)16-6-4-13(19)10-17(16)18/h4-7,9-10,20H,3,8,11H2,1-2H3. The molecular weight excluding hydrogens is 289 g/mol. The maximum atomic E-state index is 13.2. The van der Waals surface area contributed by atoms with Crippen LogP contribution in [0.4, 0.5) is 4.39 Å². The number of ether oxygens (including phenoxy) is 1. The summed E-state index contributed by atoms with van der Waals surface area (Å²) in [5.41, 5.74) is 2.90. The second-order valence-electron chi connectivity index (χ2n) is 4.82. The first-order chi connectivity index (χ1) is 10.2. The lowest BCUT2D eigenvalue weighted by molar-refractivity contribution is 0.414. The van der Waals surface area contributed by atoms with E-state index in [2.05, 4.69) is 12.2 Å². The van der Waals surface area contributed by atoms with Crippen LogP contribution in [0.15, 0.2) is 36.4 Å². The molecular formula is C17H19ClFNO. The molecule has 0 saturated carbocycles. The van der Waals surface area contributed by atoms with Crippen molar-refractivity contribution >= 4 is 11.6 Å². The smallest absolute Gasteiger partial charge is 0.124 e. The summed E-state index contributed by atoms with van der Waals surface area (Å²) < 4.78 is 18.5. The van der Waals surface area contributed by atoms with Crippen molar-refractivity contribution in [1.82, 2.24) is 5.32 Å². The molecule has 0 aliphatic rings. The van der Waals surface area contributed by atoms with Gasteiger partial charge in [-0.15, -0.1) is 0 Å². The average molecular weight is 308 g/mol. The van der Waals surface area contributed by atoms with Gasteiger partial charge in [-0.1, -0.05) is 24.6 Å². The van der Waals surface area contributed by atoms with Gasteiger partial charge in [0.1, 0.15) is 11.6 Å². The minimum atomic E-state index is -0.331. The van der Waals surface area contributed by atoms with E-state index in [1.807, 2.05) is 18.2 Å². The first kappa shape index (κ1) is 15.8. The van der Waals surface area contributed by atoms with Gasteiger partial charge < -0.3 is 10.1 Å². The van der Waals surface area contributed by atoms with Crippen LogP contribution >= 0.6 is 11.6 Å². The van der Waals surface area contributed by atoms with Crippen LogP contribution in [-0.2, 0) is 6.54 Å². The second kappa shape index (κ2) is 7.43. The molecule has 2 aromatic carbocycles. The summed E-state index contributed by atoms with van der Waals surface area (Å²) in [6, 6.07) is 10.3. The summed E-state index contributed by atoms with van der Waals surface area (Å²) in [4.78, 5) is 0. The third kappa shape index (κ3) is 3.96. The van der Waals surface area contributed by atoms with Crippen molar-refractivity contribution in [1.29, 1.82) is 0 Å². The maximum Gasteiger partial charge on any atom is 0.124 e. The summed E-state index contributed by atoms with van der Waals surface area (Å²) in [5, 5.41) is 3.78. The van der Waals surface area contributed by atoms with Gasteiger partial charge in [-0.2, -0.15) is 0 Å². The van der Waals surface area contributed by atoms with Crippen molar-refractivity contribution < 1.29 is 9.13 Å². The Labute approximate surface area is 129 Å². The van der Waals surface area contributed by atoms with E-state index in [0.29, 0.717) is 11.6 Å². The molecule has 0 spiro atoms. The van der Waals surface area contributed by atoms with Gasteiger partial charge in [-0.3, -0.25) is 0 Å². The minimum Gasteiger partial charge on any atom is -0.497 e. The molecule has 0 radical (unpaired) electrons. The SMILES string of the molecule is CCCNCc1cc(OC)ccc1-c1ccc(F)cc1Cl. The van der Waals surface area contributed by atoms with Crippen LogP contribution in [0.25, 0.3) is 11.1 Å². The number of rotatable bonds is 6. The minimum absolute atomic E-state index is 0.331. The Morgan fingerprint density at radius 3 is 2.57 bits per heavy atom. The molecule has 0 bridgehead atoms. The third-order valence-electron chi connectivity index (χ3n) is 3.28. The lowest BCUT2D eigenvalue weighted by Gasteiger charge is -2.14. The number of hydrogen-bond acceptors (Lipinski definition) is 2. The monoisotopic (exact) mass is 307 g/mol. The number of benzene rings is 2. The topological polar surface area (TPSA) is 21.3 Å². The molecule has 0 atom stereocenters. The van der Waals surface area contributed by atoms with Crippen molar-refractivity contribution in [2.75, 3.05) is 13.7 Å². The van der Waals surface area contributed by atoms with Gasteiger partial charge in [0.05, 0.1) is 12.1 Å². The van der Waals surface area contributed by atoms with E-state index in [4.69, 9.17) is 16.3 Å². The molecule has 4 heteroatoms. The first-order valence-electron chi connectivity index (χ1n) is 6.98. The van der Waals surface area contributed by atoms with Crippen molar-refractivity contribution in [2.24, 2.45) is 0 Å². The number of methoxy groups -OCH3 is 1. The summed E-state index contributed by atoms with van der Waals surface area (Å²) in [7, 11) is 1.64. The Bertz CT molecular complexity index is 616. The van der Waals surface area contributed by atoms with E-state index in [1.54, 1.807) is 13.2 Å². The third-order valence-corrected chi connectivity index (χ3v) is 3.59. The highest BCUT2D eigenvalue weighted by atomic mass is 35.5. The van der Waals surface area contributed by atoms with Gasteiger partial charge in [-0.25, -0.2) is 4.39 Å². The van der Waals surface area contributed by atoms with Gasteiger partial charge in [0.2, 0.25) is 0 Å². The molecule has 0 unspecified atom stereocenters. The molecule has 2 rings (SSSR count). The van der Waals surface area contributed by atoms with Gasteiger partial charge in [0, 0.05) is 12.1 Å². The molecule has 0 amide bonds. The summed E-state index contributed by atoms with van der Waals surface area (Å²) in [6.45, 7) is 3.78. The zero-order chi connectivity index (χ0) is 15.2. The van der Waals surface area contributed by atoms with Crippen LogP contribution < -0.4 is 10.1 Å². The molecule has 2 nitrogen and oxygen atoms in total. The fourth-order valence-electron chi connectivity index (χ4n) is 2.21. The second-order valence-corrected chi connectivity index (χ2v) is 5.23. The average Bonchev–Trinajstić information content (AvgIpc) is 2.48. The highest BCUT2D eigenvalue weighted by molar-refractivity contribution is 6.33. The number of hydrogen-bond donors (Lipinski definition) is 1. The van der Waals surface area contributed by atoms with E-state index >= 15 is 0 Å². The van der Waals surface area contributed by atoms with Crippen molar-refractivity contribution in [3.63, 3.8) is 0 Å². The van der Waals surface area contributed by atoms with E-state index in [-0.39, 0.29) is 5.82 Å². The highest BCUT2D eigenvalue weighted by Gasteiger charge is 2.10. The first-order valence-corrected chi connectivity index (χ1v) is 7.36. The van der Waals surface area contributed by atoms with E-state index in [0.717, 1.165) is 35.4 Å². The van der Waals surface area contributed by atoms with Crippen molar-refractivity contribution in [3.05, 3.63) is 52.8 Å². The van der Waals surface area contributed by atoms with Crippen LogP contribution in [0.3, 0.4) is 0 Å². The molecule has 0 fully saturated rings. The zero-order valence-corrected chi connectivity index (χ0v) is 13.0. The number of halogens is 2. The molecule has 1 N–H and O–H groups in total. The lowest BCUT2D eigenvalue weighted by atomic mass is 9.99. The predicted molar refractivity (Wildman–Crippen MR) is 85.4 cm³/mol. The molecule has 112 valence electrons. The molecule has 0 saturated heterocycles. The lowest BCUT2D eigenvalue weighted by Crippen LogP contribution is -2.14. The van der Waals surface area contributed by atoms with Gasteiger partial charge in [0.25, 0.3) is 0 Å². The molecule has 0 aliphatic carbocycles. The molecule has 0 heterocycles. The van der Waals surface area contributed by atoms with Crippen LogP contribution in [-0.4, -0.2) is 13.7 Å². The zero-order valence-electron chi connectivity index (χ0n) is 12.2. The van der Waals surface area contributed by atoms with Crippen LogP contribution in [0.5, 0.6) is 5.75 Å². The Balaban J connectivity index is 2.40. The van der Waals surface area contributed by atoms with Crippen LogP contribution in [0.1, 0.15) is 18.9 Å². The predicted octanol–water partition coefficient (Wildman–Crippen LogP) is 4.65. The molecule has 0 aromatic heterocycles. The van der Waals surface area contributed by atoms with E-state index < -0.39 is 0 Å². The Hall–Kier alpha value is -1.58. The van der Waals surface area contributed by atoms with Gasteiger partial charge in [0.15, 0.2) is 0 Å². The number of nitrogens with one attached hydrogen (secondary N) is 1. The fourth-order valence-corrected chi connectivity index (χ4v) is 2.48. The van der Waals surface area contributed by atoms with Crippen LogP contribution in [0, 0.1) is 5.82 Å². The fraction of sp³-hybridized carbons (Fsp3) is 0.294. The van der Waals surface area contributed by atoms with Crippen molar-refractivity contribution in [2.45, 2.75) is 19.9 Å². The van der Waals surface area contributed by atoms with Crippen LogP contribution in [0.2, 0.25) is 5.02 Å². The summed E-state index contributed by atoms with van der Waals surface area (Å²) in [6.07, 6.45) is 1.07. The highest BCUT2D eigenvalue weighted by Crippen LogP contribution is 2.33. The van der Waals surface area contributed by atoms with E-state index in [9.17, 15) is 4.39 Å². The Kier molecular flexibility index (Phi) is 5.59. The quantitative estimate of drug-likeness (QED) is 0.784.